The fourth-order valence-electron chi connectivity index (χ4n) is 4.02. The molecule has 0 unspecified atom stereocenters. The Kier molecular flexibility index (Phi) is 7.32. The number of morpholine rings is 1. The molecule has 0 spiro atoms. The minimum absolute atomic E-state index is 0.148. The summed E-state index contributed by atoms with van der Waals surface area (Å²) in [7, 11) is 1.44. The van der Waals surface area contributed by atoms with Crippen LogP contribution in [0.2, 0.25) is 0 Å². The van der Waals surface area contributed by atoms with Gasteiger partial charge in [0.25, 0.3) is 11.8 Å². The van der Waals surface area contributed by atoms with Crippen LogP contribution >= 0.6 is 0 Å². The molecule has 1 atom stereocenters. The first-order valence-corrected chi connectivity index (χ1v) is 11.2. The second kappa shape index (κ2) is 10.6. The zero-order valence-corrected chi connectivity index (χ0v) is 19.3. The van der Waals surface area contributed by atoms with Gasteiger partial charge in [-0.3, -0.25) is 9.59 Å². The lowest BCUT2D eigenvalue weighted by molar-refractivity contribution is -0.137. The molecule has 2 aliphatic heterocycles. The number of carbonyl (C=O) groups excluding carboxylic acids is 3. The van der Waals surface area contributed by atoms with Crippen LogP contribution < -0.4 is 14.4 Å². The molecule has 0 aliphatic carbocycles. The largest absolute Gasteiger partial charge is 0.493 e. The summed E-state index contributed by atoms with van der Waals surface area (Å²) in [6.07, 6.45) is -0.179. The van der Waals surface area contributed by atoms with Gasteiger partial charge in [-0.05, 0) is 43.2 Å². The van der Waals surface area contributed by atoms with Crippen LogP contribution in [-0.4, -0.2) is 75.4 Å². The van der Waals surface area contributed by atoms with E-state index < -0.39 is 12.1 Å². The highest BCUT2D eigenvalue weighted by atomic mass is 16.5. The monoisotopic (exact) mass is 468 g/mol. The quantitative estimate of drug-likeness (QED) is 0.574. The van der Waals surface area contributed by atoms with Crippen LogP contribution in [0.25, 0.3) is 0 Å². The van der Waals surface area contributed by atoms with Crippen molar-refractivity contribution in [1.29, 1.82) is 0 Å². The molecular formula is C25H28N2O7. The average molecular weight is 469 g/mol. The van der Waals surface area contributed by atoms with Gasteiger partial charge in [0.2, 0.25) is 0 Å². The third-order valence-electron chi connectivity index (χ3n) is 5.90. The van der Waals surface area contributed by atoms with Crippen molar-refractivity contribution < 1.29 is 33.3 Å². The summed E-state index contributed by atoms with van der Waals surface area (Å²) in [6, 6.07) is 12.2. The number of rotatable bonds is 7. The highest BCUT2D eigenvalue weighted by Crippen LogP contribution is 2.30. The van der Waals surface area contributed by atoms with Crippen molar-refractivity contribution in [3.8, 4) is 11.5 Å². The summed E-state index contributed by atoms with van der Waals surface area (Å²) in [4.78, 5) is 41.2. The molecule has 0 radical (unpaired) electrons. The van der Waals surface area contributed by atoms with Crippen LogP contribution in [-0.2, 0) is 25.5 Å². The van der Waals surface area contributed by atoms with Crippen molar-refractivity contribution in [2.75, 3.05) is 51.5 Å². The van der Waals surface area contributed by atoms with Gasteiger partial charge < -0.3 is 28.7 Å². The maximum absolute atomic E-state index is 12.9. The maximum Gasteiger partial charge on any atom is 0.339 e. The topological polar surface area (TPSA) is 94.6 Å². The number of nitrogens with zero attached hydrogens (tertiary/aromatic N) is 2. The Morgan fingerprint density at radius 2 is 1.79 bits per heavy atom. The smallest absolute Gasteiger partial charge is 0.339 e. The van der Waals surface area contributed by atoms with Gasteiger partial charge in [0.05, 0.1) is 25.9 Å². The average Bonchev–Trinajstić information content (AvgIpc) is 3.31. The molecule has 1 fully saturated rings. The Bertz CT molecular complexity index is 1060. The molecule has 2 aromatic rings. The summed E-state index contributed by atoms with van der Waals surface area (Å²) in [5, 5.41) is 0. The van der Waals surface area contributed by atoms with Crippen molar-refractivity contribution in [2.45, 2.75) is 19.4 Å². The molecule has 2 amide bonds. The third-order valence-corrected chi connectivity index (χ3v) is 5.90. The molecule has 2 aromatic carbocycles. The van der Waals surface area contributed by atoms with Crippen molar-refractivity contribution >= 4 is 23.5 Å². The molecule has 9 nitrogen and oxygen atoms in total. The minimum Gasteiger partial charge on any atom is -0.493 e. The van der Waals surface area contributed by atoms with Crippen molar-refractivity contribution in [3.05, 3.63) is 53.6 Å². The lowest BCUT2D eigenvalue weighted by atomic mass is 10.2. The van der Waals surface area contributed by atoms with Gasteiger partial charge in [-0.15, -0.1) is 0 Å². The van der Waals surface area contributed by atoms with E-state index in [1.165, 1.54) is 19.2 Å². The number of methoxy groups -OCH3 is 1. The van der Waals surface area contributed by atoms with E-state index in [9.17, 15) is 14.4 Å². The van der Waals surface area contributed by atoms with Gasteiger partial charge in [-0.2, -0.15) is 0 Å². The lowest BCUT2D eigenvalue weighted by Crippen LogP contribution is -2.43. The highest BCUT2D eigenvalue weighted by Gasteiger charge is 2.30. The predicted molar refractivity (Wildman–Crippen MR) is 123 cm³/mol. The van der Waals surface area contributed by atoms with Gasteiger partial charge in [-0.1, -0.05) is 18.2 Å². The van der Waals surface area contributed by atoms with Crippen LogP contribution in [0.5, 0.6) is 11.5 Å². The normalized spacial score (nSPS) is 15.9. The number of para-hydroxylation sites is 1. The highest BCUT2D eigenvalue weighted by molar-refractivity contribution is 6.00. The maximum atomic E-state index is 12.9. The second-order valence-electron chi connectivity index (χ2n) is 8.06. The number of anilines is 1. The summed E-state index contributed by atoms with van der Waals surface area (Å²) in [5.41, 5.74) is 2.16. The number of hydrogen-bond donors (Lipinski definition) is 0. The van der Waals surface area contributed by atoms with Crippen LogP contribution in [0, 0.1) is 0 Å². The zero-order chi connectivity index (χ0) is 24.1. The molecule has 2 heterocycles. The van der Waals surface area contributed by atoms with E-state index in [0.29, 0.717) is 38.6 Å². The van der Waals surface area contributed by atoms with E-state index in [4.69, 9.17) is 18.9 Å². The van der Waals surface area contributed by atoms with E-state index >= 15 is 0 Å². The first-order chi connectivity index (χ1) is 16.5. The van der Waals surface area contributed by atoms with E-state index in [-0.39, 0.29) is 29.7 Å². The Morgan fingerprint density at radius 1 is 1.03 bits per heavy atom. The molecule has 0 N–H and O–H groups in total. The number of fused-ring (bicyclic) bond motifs is 1. The lowest BCUT2D eigenvalue weighted by Gasteiger charge is -2.26. The number of amides is 2. The molecular weight excluding hydrogens is 440 g/mol. The SMILES string of the molecule is COc1cc(C(=O)O[C@@H](C)C(=O)N2CCc3ccccc32)ccc1OCC(=O)N1CCOCC1. The number of carbonyl (C=O) groups is 3. The van der Waals surface area contributed by atoms with Crippen LogP contribution in [0.15, 0.2) is 42.5 Å². The van der Waals surface area contributed by atoms with Crippen LogP contribution in [0.3, 0.4) is 0 Å². The molecule has 180 valence electrons. The standard InChI is InChI=1S/C25H28N2O7/c1-17(24(29)27-10-9-18-5-3-4-6-20(18)27)34-25(30)19-7-8-21(22(15-19)31-2)33-16-23(28)26-11-13-32-14-12-26/h3-8,15,17H,9-14,16H2,1-2H3/t17-/m0/s1. The number of esters is 1. The van der Waals surface area contributed by atoms with Gasteiger partial charge >= 0.3 is 5.97 Å². The fourth-order valence-corrected chi connectivity index (χ4v) is 4.02. The first-order valence-electron chi connectivity index (χ1n) is 11.2. The predicted octanol–water partition coefficient (Wildman–Crippen LogP) is 2.07. The Balaban J connectivity index is 1.36. The van der Waals surface area contributed by atoms with E-state index in [2.05, 4.69) is 0 Å². The fraction of sp³-hybridized carbons (Fsp3) is 0.400. The molecule has 1 saturated heterocycles. The van der Waals surface area contributed by atoms with Gasteiger partial charge in [-0.25, -0.2) is 4.79 Å². The minimum atomic E-state index is -0.952. The molecule has 9 heteroatoms. The summed E-state index contributed by atoms with van der Waals surface area (Å²) < 4.78 is 21.7. The Labute approximate surface area is 198 Å². The van der Waals surface area contributed by atoms with E-state index in [0.717, 1.165) is 17.7 Å². The summed E-state index contributed by atoms with van der Waals surface area (Å²) in [5.74, 6) is -0.450. The number of benzene rings is 2. The Morgan fingerprint density at radius 3 is 2.56 bits per heavy atom. The van der Waals surface area contributed by atoms with E-state index in [1.807, 2.05) is 24.3 Å². The molecule has 4 rings (SSSR count). The Hall–Kier alpha value is -3.59. The molecule has 0 saturated carbocycles. The zero-order valence-electron chi connectivity index (χ0n) is 19.3. The molecule has 34 heavy (non-hydrogen) atoms. The van der Waals surface area contributed by atoms with Crippen molar-refractivity contribution in [2.24, 2.45) is 0 Å². The van der Waals surface area contributed by atoms with Crippen molar-refractivity contribution in [3.63, 3.8) is 0 Å². The first kappa shape index (κ1) is 23.6. The van der Waals surface area contributed by atoms with Crippen LogP contribution in [0.1, 0.15) is 22.8 Å². The molecule has 2 aliphatic rings. The number of ether oxygens (including phenoxy) is 4. The second-order valence-corrected chi connectivity index (χ2v) is 8.06. The van der Waals surface area contributed by atoms with Gasteiger partial charge in [0.1, 0.15) is 0 Å². The van der Waals surface area contributed by atoms with Gasteiger partial charge in [0.15, 0.2) is 24.2 Å². The summed E-state index contributed by atoms with van der Waals surface area (Å²) >= 11 is 0. The van der Waals surface area contributed by atoms with Gasteiger partial charge in [0, 0.05) is 25.3 Å². The number of hydrogen-bond acceptors (Lipinski definition) is 7. The molecule has 0 aromatic heterocycles. The third kappa shape index (κ3) is 5.14. The van der Waals surface area contributed by atoms with Crippen LogP contribution in [0.4, 0.5) is 5.69 Å². The molecule has 0 bridgehead atoms. The summed E-state index contributed by atoms with van der Waals surface area (Å²) in [6.45, 7) is 4.06. The van der Waals surface area contributed by atoms with E-state index in [1.54, 1.807) is 22.8 Å². The van der Waals surface area contributed by atoms with Crippen molar-refractivity contribution in [1.82, 2.24) is 4.90 Å².